The number of hydrogen-bond donors (Lipinski definition) is 1. The van der Waals surface area contributed by atoms with Crippen molar-refractivity contribution in [3.8, 4) is 0 Å². The SMILES string of the molecule is Cc1c([N+](=O)[O-])cnc(NCCCCCCC(C)C)c1Br. The average Bonchev–Trinajstić information content (AvgIpc) is 2.41. The maximum atomic E-state index is 10.8. The molecule has 0 atom stereocenters. The molecule has 0 aliphatic rings. The molecule has 0 fully saturated rings. The van der Waals surface area contributed by atoms with Crippen molar-refractivity contribution in [3.05, 3.63) is 26.3 Å². The highest BCUT2D eigenvalue weighted by molar-refractivity contribution is 9.10. The van der Waals surface area contributed by atoms with E-state index < -0.39 is 4.92 Å². The number of nitrogens with zero attached hydrogens (tertiary/aromatic N) is 2. The minimum Gasteiger partial charge on any atom is -0.369 e. The third-order valence-corrected chi connectivity index (χ3v) is 4.40. The first-order valence-electron chi connectivity index (χ1n) is 7.46. The summed E-state index contributed by atoms with van der Waals surface area (Å²) in [7, 11) is 0. The first-order chi connectivity index (χ1) is 9.93. The first kappa shape index (κ1) is 17.9. The highest BCUT2D eigenvalue weighted by atomic mass is 79.9. The molecule has 0 spiro atoms. The summed E-state index contributed by atoms with van der Waals surface area (Å²) in [6, 6.07) is 0. The van der Waals surface area contributed by atoms with Crippen molar-refractivity contribution in [1.82, 2.24) is 4.98 Å². The molecule has 0 saturated carbocycles. The van der Waals surface area contributed by atoms with Gasteiger partial charge in [0.05, 0.1) is 9.40 Å². The molecule has 1 N–H and O–H groups in total. The zero-order valence-corrected chi connectivity index (χ0v) is 14.6. The molecule has 118 valence electrons. The van der Waals surface area contributed by atoms with Crippen LogP contribution in [0.3, 0.4) is 0 Å². The van der Waals surface area contributed by atoms with E-state index >= 15 is 0 Å². The number of unbranched alkanes of at least 4 members (excludes halogenated alkanes) is 3. The van der Waals surface area contributed by atoms with E-state index in [-0.39, 0.29) is 5.69 Å². The third kappa shape index (κ3) is 5.99. The van der Waals surface area contributed by atoms with Crippen LogP contribution in [0.15, 0.2) is 10.7 Å². The Morgan fingerprint density at radius 2 is 2.00 bits per heavy atom. The molecule has 0 unspecified atom stereocenters. The lowest BCUT2D eigenvalue weighted by Crippen LogP contribution is -2.06. The van der Waals surface area contributed by atoms with Crippen molar-refractivity contribution < 1.29 is 4.92 Å². The highest BCUT2D eigenvalue weighted by Gasteiger charge is 2.16. The van der Waals surface area contributed by atoms with Crippen LogP contribution in [0.1, 0.15) is 51.5 Å². The predicted octanol–water partition coefficient (Wildman–Crippen LogP) is 5.08. The smallest absolute Gasteiger partial charge is 0.291 e. The van der Waals surface area contributed by atoms with Crippen LogP contribution in [0.25, 0.3) is 0 Å². The van der Waals surface area contributed by atoms with Crippen molar-refractivity contribution in [2.24, 2.45) is 5.92 Å². The van der Waals surface area contributed by atoms with Crippen LogP contribution in [0.2, 0.25) is 0 Å². The molecule has 0 aliphatic carbocycles. The summed E-state index contributed by atoms with van der Waals surface area (Å²) in [6.45, 7) is 7.06. The Morgan fingerprint density at radius 3 is 2.62 bits per heavy atom. The number of halogens is 1. The molecule has 0 aromatic carbocycles. The lowest BCUT2D eigenvalue weighted by molar-refractivity contribution is -0.385. The number of hydrogen-bond acceptors (Lipinski definition) is 4. The van der Waals surface area contributed by atoms with E-state index in [0.29, 0.717) is 15.9 Å². The fraction of sp³-hybridized carbons (Fsp3) is 0.667. The second-order valence-electron chi connectivity index (χ2n) is 5.71. The number of nitro groups is 1. The minimum absolute atomic E-state index is 0.0427. The molecule has 0 aliphatic heterocycles. The van der Waals surface area contributed by atoms with Crippen molar-refractivity contribution in [2.45, 2.75) is 52.9 Å². The number of rotatable bonds is 9. The summed E-state index contributed by atoms with van der Waals surface area (Å²) in [4.78, 5) is 14.5. The topological polar surface area (TPSA) is 68.1 Å². The summed E-state index contributed by atoms with van der Waals surface area (Å²) in [5.74, 6) is 1.46. The van der Waals surface area contributed by atoms with Gasteiger partial charge in [-0.3, -0.25) is 10.1 Å². The molecule has 1 heterocycles. The number of nitrogens with one attached hydrogen (secondary N) is 1. The van der Waals surface area contributed by atoms with Gasteiger partial charge in [0.1, 0.15) is 12.0 Å². The van der Waals surface area contributed by atoms with Gasteiger partial charge in [0, 0.05) is 12.1 Å². The zero-order valence-electron chi connectivity index (χ0n) is 13.0. The second-order valence-corrected chi connectivity index (χ2v) is 6.50. The van der Waals surface area contributed by atoms with Gasteiger partial charge >= 0.3 is 0 Å². The summed E-state index contributed by atoms with van der Waals surface area (Å²) in [5.41, 5.74) is 0.649. The fourth-order valence-electron chi connectivity index (χ4n) is 2.11. The first-order valence-corrected chi connectivity index (χ1v) is 8.26. The number of anilines is 1. The van der Waals surface area contributed by atoms with Crippen molar-refractivity contribution in [2.75, 3.05) is 11.9 Å². The zero-order chi connectivity index (χ0) is 15.8. The summed E-state index contributed by atoms with van der Waals surface area (Å²) >= 11 is 3.38. The molecular weight excluding hydrogens is 334 g/mol. The second kappa shape index (κ2) is 8.97. The largest absolute Gasteiger partial charge is 0.369 e. The van der Waals surface area contributed by atoms with Gasteiger partial charge in [-0.1, -0.05) is 39.5 Å². The summed E-state index contributed by atoms with van der Waals surface area (Å²) < 4.78 is 0.677. The van der Waals surface area contributed by atoms with Gasteiger partial charge < -0.3 is 5.32 Å². The Bertz CT molecular complexity index is 478. The van der Waals surface area contributed by atoms with Gasteiger partial charge in [-0.2, -0.15) is 0 Å². The molecule has 21 heavy (non-hydrogen) atoms. The van der Waals surface area contributed by atoms with Crippen LogP contribution < -0.4 is 5.32 Å². The maximum absolute atomic E-state index is 10.8. The Morgan fingerprint density at radius 1 is 1.33 bits per heavy atom. The standard InChI is InChI=1S/C15H24BrN3O2/c1-11(2)8-6-4-5-7-9-17-15-14(16)12(3)13(10-18-15)19(20)21/h10-11H,4-9H2,1-3H3,(H,17,18). The van der Waals surface area contributed by atoms with Gasteiger partial charge in [0.15, 0.2) is 0 Å². The molecule has 0 bridgehead atoms. The number of pyridine rings is 1. The molecule has 1 rings (SSSR count). The van der Waals surface area contributed by atoms with Crippen molar-refractivity contribution >= 4 is 27.4 Å². The highest BCUT2D eigenvalue weighted by Crippen LogP contribution is 2.30. The van der Waals surface area contributed by atoms with E-state index in [1.165, 1.54) is 31.9 Å². The quantitative estimate of drug-likeness (QED) is 0.380. The molecule has 6 heteroatoms. The molecule has 5 nitrogen and oxygen atoms in total. The maximum Gasteiger partial charge on any atom is 0.291 e. The van der Waals surface area contributed by atoms with E-state index in [4.69, 9.17) is 0 Å². The van der Waals surface area contributed by atoms with E-state index in [1.54, 1.807) is 6.92 Å². The molecule has 1 aromatic rings. The van der Waals surface area contributed by atoms with Crippen LogP contribution in [-0.2, 0) is 0 Å². The molecular formula is C15H24BrN3O2. The van der Waals surface area contributed by atoms with Gasteiger partial charge in [-0.25, -0.2) is 4.98 Å². The molecule has 0 radical (unpaired) electrons. The molecule has 1 aromatic heterocycles. The predicted molar refractivity (Wildman–Crippen MR) is 89.7 cm³/mol. The third-order valence-electron chi connectivity index (χ3n) is 3.43. The molecule has 0 saturated heterocycles. The molecule has 0 amide bonds. The van der Waals surface area contributed by atoms with Crippen LogP contribution in [0, 0.1) is 23.0 Å². The van der Waals surface area contributed by atoms with E-state index in [2.05, 4.69) is 40.1 Å². The Labute approximate surface area is 134 Å². The lowest BCUT2D eigenvalue weighted by Gasteiger charge is -2.09. The van der Waals surface area contributed by atoms with Gasteiger partial charge in [-0.15, -0.1) is 0 Å². The van der Waals surface area contributed by atoms with Gasteiger partial charge in [0.25, 0.3) is 5.69 Å². The van der Waals surface area contributed by atoms with Gasteiger partial charge in [0.2, 0.25) is 0 Å². The van der Waals surface area contributed by atoms with Crippen LogP contribution in [-0.4, -0.2) is 16.5 Å². The van der Waals surface area contributed by atoms with E-state index in [1.807, 2.05) is 0 Å². The van der Waals surface area contributed by atoms with Crippen molar-refractivity contribution in [1.29, 1.82) is 0 Å². The van der Waals surface area contributed by atoms with E-state index in [9.17, 15) is 10.1 Å². The van der Waals surface area contributed by atoms with E-state index in [0.717, 1.165) is 18.9 Å². The minimum atomic E-state index is -0.411. The van der Waals surface area contributed by atoms with Crippen LogP contribution in [0.4, 0.5) is 11.5 Å². The van der Waals surface area contributed by atoms with Crippen molar-refractivity contribution in [3.63, 3.8) is 0 Å². The fourth-order valence-corrected chi connectivity index (χ4v) is 2.56. The Balaban J connectivity index is 2.36. The average molecular weight is 358 g/mol. The normalized spacial score (nSPS) is 10.9. The number of aromatic nitrogens is 1. The monoisotopic (exact) mass is 357 g/mol. The Hall–Kier alpha value is -1.17. The lowest BCUT2D eigenvalue weighted by atomic mass is 10.0. The van der Waals surface area contributed by atoms with Gasteiger partial charge in [-0.05, 0) is 35.2 Å². The summed E-state index contributed by atoms with van der Waals surface area (Å²) in [6.07, 6.45) is 7.43. The summed E-state index contributed by atoms with van der Waals surface area (Å²) in [5, 5.41) is 14.1. The Kier molecular flexibility index (Phi) is 7.64. The van der Waals surface area contributed by atoms with Crippen LogP contribution in [0.5, 0.6) is 0 Å². The van der Waals surface area contributed by atoms with Crippen LogP contribution >= 0.6 is 15.9 Å².